The minimum atomic E-state index is -1.43. The number of nitrogens with zero attached hydrogens (tertiary/aromatic N) is 1. The number of fused-ring (bicyclic) bond motifs is 1. The quantitative estimate of drug-likeness (QED) is 0.563. The molecule has 2 aliphatic heterocycles. The number of benzene rings is 2. The Labute approximate surface area is 185 Å². The number of hydrogen-bond acceptors (Lipinski definition) is 6. The summed E-state index contributed by atoms with van der Waals surface area (Å²) in [6.07, 6.45) is -4.33. The van der Waals surface area contributed by atoms with Gasteiger partial charge >= 0.3 is 0 Å². The second-order valence-electron chi connectivity index (χ2n) is 8.19. The summed E-state index contributed by atoms with van der Waals surface area (Å²) in [4.78, 5) is 13.6. The van der Waals surface area contributed by atoms with Gasteiger partial charge in [0, 0.05) is 24.2 Å². The summed E-state index contributed by atoms with van der Waals surface area (Å²) in [7, 11) is 1.78. The largest absolute Gasteiger partial charge is 0.394 e. The van der Waals surface area contributed by atoms with Crippen LogP contribution >= 0.6 is 11.6 Å². The fourth-order valence-electron chi connectivity index (χ4n) is 4.32. The summed E-state index contributed by atoms with van der Waals surface area (Å²) in [6, 6.07) is 11.2. The molecule has 0 radical (unpaired) electrons. The van der Waals surface area contributed by atoms with Gasteiger partial charge in [0.2, 0.25) is 5.91 Å². The van der Waals surface area contributed by atoms with Crippen LogP contribution in [-0.2, 0) is 22.4 Å². The average Bonchev–Trinajstić information content (AvgIpc) is 2.77. The summed E-state index contributed by atoms with van der Waals surface area (Å²) in [6.45, 7) is -0.478. The third kappa shape index (κ3) is 4.22. The molecule has 0 saturated carbocycles. The van der Waals surface area contributed by atoms with E-state index >= 15 is 0 Å². The van der Waals surface area contributed by atoms with Crippen molar-refractivity contribution in [1.82, 2.24) is 0 Å². The highest BCUT2D eigenvalue weighted by Gasteiger charge is 2.44. The van der Waals surface area contributed by atoms with E-state index in [-0.39, 0.29) is 5.91 Å². The maximum Gasteiger partial charge on any atom is 0.227 e. The van der Waals surface area contributed by atoms with Gasteiger partial charge in [0.05, 0.1) is 6.61 Å². The Morgan fingerprint density at radius 1 is 1.06 bits per heavy atom. The summed E-state index contributed by atoms with van der Waals surface area (Å²) in [5.41, 5.74) is 4.48. The van der Waals surface area contributed by atoms with Crippen LogP contribution in [0, 0.1) is 0 Å². The molecule has 1 saturated heterocycles. The van der Waals surface area contributed by atoms with Crippen molar-refractivity contribution in [1.29, 1.82) is 0 Å². The Morgan fingerprint density at radius 2 is 1.84 bits per heavy atom. The molecule has 2 aromatic rings. The summed E-state index contributed by atoms with van der Waals surface area (Å²) in [5, 5.41) is 40.5. The van der Waals surface area contributed by atoms with Crippen molar-refractivity contribution < 1.29 is 30.0 Å². The molecule has 4 rings (SSSR count). The van der Waals surface area contributed by atoms with Crippen LogP contribution in [0.2, 0.25) is 5.02 Å². The molecule has 2 aliphatic rings. The Bertz CT molecular complexity index is 981. The van der Waals surface area contributed by atoms with E-state index in [9.17, 15) is 25.2 Å². The predicted octanol–water partition coefficient (Wildman–Crippen LogP) is 1.35. The molecule has 0 bridgehead atoms. The molecule has 2 aromatic carbocycles. The van der Waals surface area contributed by atoms with Gasteiger partial charge in [-0.05, 0) is 47.2 Å². The maximum atomic E-state index is 11.9. The first-order chi connectivity index (χ1) is 14.8. The first-order valence-corrected chi connectivity index (χ1v) is 10.6. The van der Waals surface area contributed by atoms with E-state index in [1.165, 1.54) is 0 Å². The van der Waals surface area contributed by atoms with Crippen molar-refractivity contribution in [2.45, 2.75) is 49.8 Å². The minimum absolute atomic E-state index is 0.107. The standard InChI is InChI=1S/C23H26ClNO6/c1-25-17-6-2-12(8-13(17)4-7-19(25)27)9-15-10-14(3-5-16(15)24)23-22(30)21(29)20(28)18(11-26)31-23/h2-3,5-6,8,10,18,20-23,26,28-30H,4,7,9,11H2,1H3. The smallest absolute Gasteiger partial charge is 0.227 e. The molecule has 4 N–H and O–H groups in total. The molecule has 7 nitrogen and oxygen atoms in total. The summed E-state index contributed by atoms with van der Waals surface area (Å²) >= 11 is 6.43. The van der Waals surface area contributed by atoms with Crippen LogP contribution in [0.25, 0.3) is 0 Å². The van der Waals surface area contributed by atoms with Gasteiger partial charge in [-0.3, -0.25) is 4.79 Å². The minimum Gasteiger partial charge on any atom is -0.394 e. The molecule has 5 atom stereocenters. The lowest BCUT2D eigenvalue weighted by Crippen LogP contribution is -2.55. The predicted molar refractivity (Wildman–Crippen MR) is 115 cm³/mol. The zero-order chi connectivity index (χ0) is 22.3. The number of rotatable bonds is 4. The van der Waals surface area contributed by atoms with E-state index in [1.807, 2.05) is 18.2 Å². The van der Waals surface area contributed by atoms with Gasteiger partial charge in [0.15, 0.2) is 0 Å². The molecule has 5 unspecified atom stereocenters. The average molecular weight is 448 g/mol. The van der Waals surface area contributed by atoms with Crippen LogP contribution in [0.3, 0.4) is 0 Å². The SMILES string of the molecule is CN1C(=O)CCc2cc(Cc3cc(C4OC(CO)C(O)C(O)C4O)ccc3Cl)ccc21. The molecule has 0 aromatic heterocycles. The van der Waals surface area contributed by atoms with Gasteiger partial charge < -0.3 is 30.1 Å². The molecule has 1 amide bonds. The normalized spacial score (nSPS) is 28.5. The van der Waals surface area contributed by atoms with Crippen molar-refractivity contribution in [2.75, 3.05) is 18.6 Å². The first kappa shape index (κ1) is 22.2. The molecular weight excluding hydrogens is 422 g/mol. The highest BCUT2D eigenvalue weighted by molar-refractivity contribution is 6.31. The molecule has 0 aliphatic carbocycles. The van der Waals surface area contributed by atoms with Gasteiger partial charge in [0.1, 0.15) is 30.5 Å². The van der Waals surface area contributed by atoms with Crippen molar-refractivity contribution in [3.63, 3.8) is 0 Å². The Morgan fingerprint density at radius 3 is 2.58 bits per heavy atom. The highest BCUT2D eigenvalue weighted by atomic mass is 35.5. The number of hydrogen-bond donors (Lipinski definition) is 4. The number of halogens is 1. The fourth-order valence-corrected chi connectivity index (χ4v) is 4.51. The number of anilines is 1. The van der Waals surface area contributed by atoms with Crippen LogP contribution in [0.4, 0.5) is 5.69 Å². The molecule has 166 valence electrons. The van der Waals surface area contributed by atoms with Crippen molar-refractivity contribution >= 4 is 23.2 Å². The van der Waals surface area contributed by atoms with E-state index in [0.29, 0.717) is 29.8 Å². The van der Waals surface area contributed by atoms with E-state index in [2.05, 4.69) is 6.07 Å². The molecule has 31 heavy (non-hydrogen) atoms. The lowest BCUT2D eigenvalue weighted by Gasteiger charge is -2.40. The van der Waals surface area contributed by atoms with Gasteiger partial charge in [-0.25, -0.2) is 0 Å². The summed E-state index contributed by atoms with van der Waals surface area (Å²) < 4.78 is 5.67. The lowest BCUT2D eigenvalue weighted by molar-refractivity contribution is -0.231. The molecule has 0 spiro atoms. The number of aliphatic hydroxyl groups is 4. The van der Waals surface area contributed by atoms with Gasteiger partial charge in [-0.15, -0.1) is 0 Å². The zero-order valence-corrected chi connectivity index (χ0v) is 17.9. The number of carbonyl (C=O) groups is 1. The highest BCUT2D eigenvalue weighted by Crippen LogP contribution is 2.35. The number of ether oxygens (including phenoxy) is 1. The third-order valence-corrected chi connectivity index (χ3v) is 6.54. The Hall–Kier alpha value is -2.00. The first-order valence-electron chi connectivity index (χ1n) is 10.3. The Balaban J connectivity index is 1.60. The topological polar surface area (TPSA) is 110 Å². The van der Waals surface area contributed by atoms with Crippen molar-refractivity contribution in [3.05, 3.63) is 63.7 Å². The monoisotopic (exact) mass is 447 g/mol. The van der Waals surface area contributed by atoms with Gasteiger partial charge in [-0.1, -0.05) is 35.9 Å². The fraction of sp³-hybridized carbons (Fsp3) is 0.435. The maximum absolute atomic E-state index is 11.9. The zero-order valence-electron chi connectivity index (χ0n) is 17.1. The van der Waals surface area contributed by atoms with Crippen LogP contribution in [-0.4, -0.2) is 64.4 Å². The van der Waals surface area contributed by atoms with Crippen LogP contribution < -0.4 is 4.90 Å². The molecule has 8 heteroatoms. The van der Waals surface area contributed by atoms with Gasteiger partial charge in [0.25, 0.3) is 0 Å². The molecule has 2 heterocycles. The molecular formula is C23H26ClNO6. The number of aryl methyl sites for hydroxylation is 1. The number of aliphatic hydroxyl groups excluding tert-OH is 4. The van der Waals surface area contributed by atoms with Crippen molar-refractivity contribution in [2.24, 2.45) is 0 Å². The van der Waals surface area contributed by atoms with Crippen molar-refractivity contribution in [3.8, 4) is 0 Å². The number of amides is 1. The van der Waals surface area contributed by atoms with Crippen LogP contribution in [0.5, 0.6) is 0 Å². The second kappa shape index (κ2) is 8.86. The van der Waals surface area contributed by atoms with Crippen LogP contribution in [0.15, 0.2) is 36.4 Å². The lowest BCUT2D eigenvalue weighted by atomic mass is 9.90. The van der Waals surface area contributed by atoms with E-state index in [4.69, 9.17) is 16.3 Å². The second-order valence-corrected chi connectivity index (χ2v) is 8.60. The Kier molecular flexibility index (Phi) is 6.35. The molecule has 1 fully saturated rings. The third-order valence-electron chi connectivity index (χ3n) is 6.17. The van der Waals surface area contributed by atoms with E-state index in [0.717, 1.165) is 22.4 Å². The van der Waals surface area contributed by atoms with Crippen LogP contribution in [0.1, 0.15) is 34.8 Å². The van der Waals surface area contributed by atoms with E-state index < -0.39 is 37.1 Å². The summed E-state index contributed by atoms with van der Waals surface area (Å²) in [5.74, 6) is 0.107. The van der Waals surface area contributed by atoms with E-state index in [1.54, 1.807) is 24.1 Å². The van der Waals surface area contributed by atoms with Gasteiger partial charge in [-0.2, -0.15) is 0 Å². The number of carbonyl (C=O) groups excluding carboxylic acids is 1.